The van der Waals surface area contributed by atoms with Crippen LogP contribution in [0.1, 0.15) is 21.5 Å². The monoisotopic (exact) mass is 529 g/mol. The molecular weight excluding hydrogens is 502 g/mol. The molecule has 4 aromatic rings. The van der Waals surface area contributed by atoms with E-state index in [1.54, 1.807) is 84.7 Å². The number of terminal acetylenes is 1. The molecule has 1 saturated heterocycles. The summed E-state index contributed by atoms with van der Waals surface area (Å²) in [6.07, 6.45) is 7.03. The van der Waals surface area contributed by atoms with Crippen molar-refractivity contribution in [2.45, 2.75) is 11.0 Å². The van der Waals surface area contributed by atoms with Gasteiger partial charge >= 0.3 is 0 Å². The molecule has 1 aliphatic heterocycles. The highest BCUT2D eigenvalue weighted by atomic mass is 16.2. The van der Waals surface area contributed by atoms with Gasteiger partial charge in [-0.3, -0.25) is 19.3 Å². The molecule has 4 N–H and O–H groups in total. The molecule has 1 aromatic heterocycles. The SMILES string of the molecule is C#CCNC(=O)[C@@]1(c2ccccc2)N(C)C[C@](C#N)(C(=O)c2c[nH]c3ccccc23)[C@@]1(C(N)=O)c1ccccc1. The van der Waals surface area contributed by atoms with E-state index in [0.717, 1.165) is 0 Å². The number of carbonyl (C=O) groups excluding carboxylic acids is 3. The van der Waals surface area contributed by atoms with Crippen molar-refractivity contribution < 1.29 is 14.4 Å². The van der Waals surface area contributed by atoms with E-state index in [2.05, 4.69) is 22.3 Å². The van der Waals surface area contributed by atoms with Crippen LogP contribution in [0.25, 0.3) is 10.9 Å². The lowest BCUT2D eigenvalue weighted by Gasteiger charge is -2.49. The number of para-hydroxylation sites is 1. The summed E-state index contributed by atoms with van der Waals surface area (Å²) in [5.74, 6) is 0.142. The second kappa shape index (κ2) is 9.85. The summed E-state index contributed by atoms with van der Waals surface area (Å²) in [6.45, 7) is -0.404. The molecule has 0 unspecified atom stereocenters. The maximum atomic E-state index is 14.8. The Labute approximate surface area is 231 Å². The fourth-order valence-electron chi connectivity index (χ4n) is 6.61. The lowest BCUT2D eigenvalue weighted by molar-refractivity contribution is -0.143. The number of benzene rings is 3. The molecule has 1 aliphatic rings. The first kappa shape index (κ1) is 26.4. The summed E-state index contributed by atoms with van der Waals surface area (Å²) in [7, 11) is 1.62. The quantitative estimate of drug-likeness (QED) is 0.250. The molecule has 1 fully saturated rings. The zero-order chi connectivity index (χ0) is 28.5. The third-order valence-electron chi connectivity index (χ3n) is 8.09. The number of ketones is 1. The van der Waals surface area contributed by atoms with E-state index in [9.17, 15) is 19.6 Å². The molecule has 198 valence electrons. The van der Waals surface area contributed by atoms with E-state index in [0.29, 0.717) is 16.5 Å². The van der Waals surface area contributed by atoms with Crippen molar-refractivity contribution in [1.82, 2.24) is 15.2 Å². The minimum Gasteiger partial charge on any atom is -0.369 e. The maximum absolute atomic E-state index is 14.8. The number of nitrogens with two attached hydrogens (primary N) is 1. The number of nitrogens with one attached hydrogen (secondary N) is 2. The molecule has 2 amide bonds. The van der Waals surface area contributed by atoms with Gasteiger partial charge in [-0.05, 0) is 24.2 Å². The summed E-state index contributed by atoms with van der Waals surface area (Å²) in [5.41, 5.74) is 1.71. The molecule has 8 heteroatoms. The number of fused-ring (bicyclic) bond motifs is 1. The smallest absolute Gasteiger partial charge is 0.247 e. The zero-order valence-electron chi connectivity index (χ0n) is 21.8. The van der Waals surface area contributed by atoms with Crippen LogP contribution in [0.5, 0.6) is 0 Å². The Kier molecular flexibility index (Phi) is 6.51. The predicted octanol–water partition coefficient (Wildman–Crippen LogP) is 2.87. The average molecular weight is 530 g/mol. The Morgan fingerprint density at radius 2 is 1.60 bits per heavy atom. The second-order valence-electron chi connectivity index (χ2n) is 9.89. The highest BCUT2D eigenvalue weighted by Crippen LogP contribution is 2.62. The Bertz CT molecular complexity index is 1700. The van der Waals surface area contributed by atoms with Gasteiger partial charge in [0.2, 0.25) is 11.8 Å². The number of aromatic nitrogens is 1. The molecule has 0 aliphatic carbocycles. The van der Waals surface area contributed by atoms with Crippen LogP contribution in [-0.4, -0.2) is 47.6 Å². The summed E-state index contributed by atoms with van der Waals surface area (Å²) >= 11 is 0. The molecule has 5 rings (SSSR count). The Hall–Kier alpha value is -5.18. The molecule has 3 aromatic carbocycles. The number of hydrogen-bond donors (Lipinski definition) is 3. The van der Waals surface area contributed by atoms with Crippen molar-refractivity contribution in [2.75, 3.05) is 20.1 Å². The fraction of sp³-hybridized carbons (Fsp3) is 0.188. The van der Waals surface area contributed by atoms with Gasteiger partial charge in [-0.2, -0.15) is 5.26 Å². The van der Waals surface area contributed by atoms with Crippen LogP contribution < -0.4 is 11.1 Å². The molecule has 0 saturated carbocycles. The number of likely N-dealkylation sites (tertiary alicyclic amines) is 1. The van der Waals surface area contributed by atoms with E-state index < -0.39 is 34.0 Å². The number of primary amides is 1. The molecule has 0 spiro atoms. The lowest BCUT2D eigenvalue weighted by Crippen LogP contribution is -2.70. The van der Waals surface area contributed by atoms with Gasteiger partial charge in [0, 0.05) is 29.2 Å². The van der Waals surface area contributed by atoms with Crippen molar-refractivity contribution in [3.63, 3.8) is 0 Å². The van der Waals surface area contributed by atoms with Crippen LogP contribution in [0.4, 0.5) is 0 Å². The van der Waals surface area contributed by atoms with E-state index in [1.807, 2.05) is 12.1 Å². The first-order valence-electron chi connectivity index (χ1n) is 12.7. The summed E-state index contributed by atoms with van der Waals surface area (Å²) in [5, 5.41) is 14.4. The summed E-state index contributed by atoms with van der Waals surface area (Å²) in [4.78, 5) is 48.2. The van der Waals surface area contributed by atoms with Crippen molar-refractivity contribution in [2.24, 2.45) is 11.1 Å². The van der Waals surface area contributed by atoms with Crippen LogP contribution in [0.3, 0.4) is 0 Å². The minimum absolute atomic E-state index is 0.138. The van der Waals surface area contributed by atoms with E-state index >= 15 is 0 Å². The van der Waals surface area contributed by atoms with Crippen LogP contribution in [0, 0.1) is 29.1 Å². The number of amides is 2. The van der Waals surface area contributed by atoms with Gasteiger partial charge in [-0.1, -0.05) is 84.8 Å². The third kappa shape index (κ3) is 3.27. The number of Topliss-reactive ketones (excluding diaryl/α,β-unsaturated/α-hetero) is 1. The van der Waals surface area contributed by atoms with Gasteiger partial charge < -0.3 is 16.0 Å². The largest absolute Gasteiger partial charge is 0.369 e. The molecule has 2 heterocycles. The van der Waals surface area contributed by atoms with Crippen molar-refractivity contribution in [3.05, 3.63) is 108 Å². The Morgan fingerprint density at radius 1 is 1.00 bits per heavy atom. The van der Waals surface area contributed by atoms with Crippen molar-refractivity contribution in [1.29, 1.82) is 5.26 Å². The topological polar surface area (TPSA) is 132 Å². The second-order valence-corrected chi connectivity index (χ2v) is 9.89. The van der Waals surface area contributed by atoms with Crippen LogP contribution in [0.15, 0.2) is 91.1 Å². The molecule has 40 heavy (non-hydrogen) atoms. The van der Waals surface area contributed by atoms with Crippen molar-refractivity contribution >= 4 is 28.5 Å². The molecule has 0 bridgehead atoms. The molecule has 3 atom stereocenters. The van der Waals surface area contributed by atoms with Gasteiger partial charge in [0.05, 0.1) is 12.6 Å². The number of carbonyl (C=O) groups is 3. The number of likely N-dealkylation sites (N-methyl/N-ethyl adjacent to an activating group) is 1. The standard InChI is InChI=1S/C32H27N5O3/c1-3-18-35-29(40)32(23-14-8-5-9-15-23)31(28(34)39,22-12-6-4-7-13-22)30(20-33,21-37(32)2)27(38)25-19-36-26-17-11-10-16-24(25)26/h1,4-17,19,36H,18,21H2,2H3,(H2,34,39)(H,35,40)/t30-,31+,32-/m1/s1. The van der Waals surface area contributed by atoms with Gasteiger partial charge in [0.25, 0.3) is 0 Å². The number of hydrogen-bond acceptors (Lipinski definition) is 5. The Balaban J connectivity index is 1.95. The predicted molar refractivity (Wildman–Crippen MR) is 151 cm³/mol. The van der Waals surface area contributed by atoms with Crippen molar-refractivity contribution in [3.8, 4) is 18.4 Å². The van der Waals surface area contributed by atoms with Gasteiger partial charge in [0.15, 0.2) is 11.2 Å². The summed E-state index contributed by atoms with van der Waals surface area (Å²) < 4.78 is 0. The normalized spacial score (nSPS) is 24.2. The number of nitrogens with zero attached hydrogens (tertiary/aromatic N) is 2. The number of rotatable bonds is 7. The molecule has 0 radical (unpaired) electrons. The first-order valence-corrected chi connectivity index (χ1v) is 12.7. The molecule has 8 nitrogen and oxygen atoms in total. The van der Waals surface area contributed by atoms with Crippen LogP contribution in [0.2, 0.25) is 0 Å². The fourth-order valence-corrected chi connectivity index (χ4v) is 6.61. The Morgan fingerprint density at radius 3 is 2.20 bits per heavy atom. The van der Waals surface area contributed by atoms with Gasteiger partial charge in [-0.15, -0.1) is 6.42 Å². The summed E-state index contributed by atoms with van der Waals surface area (Å²) in [6, 6.07) is 26.4. The first-order chi connectivity index (χ1) is 19.3. The number of nitriles is 1. The highest BCUT2D eigenvalue weighted by molar-refractivity contribution is 6.17. The lowest BCUT2D eigenvalue weighted by atomic mass is 9.50. The third-order valence-corrected chi connectivity index (χ3v) is 8.09. The van der Waals surface area contributed by atoms with Crippen LogP contribution in [-0.2, 0) is 20.5 Å². The van der Waals surface area contributed by atoms with E-state index in [4.69, 9.17) is 12.2 Å². The minimum atomic E-state index is -2.18. The molecular formula is C32H27N5O3. The van der Waals surface area contributed by atoms with E-state index in [1.165, 1.54) is 6.20 Å². The number of H-pyrrole nitrogens is 1. The number of aromatic amines is 1. The van der Waals surface area contributed by atoms with Gasteiger partial charge in [0.1, 0.15) is 11.0 Å². The van der Waals surface area contributed by atoms with Gasteiger partial charge in [-0.25, -0.2) is 0 Å². The average Bonchev–Trinajstić information content (AvgIpc) is 3.52. The van der Waals surface area contributed by atoms with E-state index in [-0.39, 0.29) is 24.2 Å². The highest BCUT2D eigenvalue weighted by Gasteiger charge is 2.80. The maximum Gasteiger partial charge on any atom is 0.247 e. The van der Waals surface area contributed by atoms with Crippen LogP contribution >= 0.6 is 0 Å². The zero-order valence-corrected chi connectivity index (χ0v) is 21.8.